The van der Waals surface area contributed by atoms with Gasteiger partial charge in [-0.2, -0.15) is 5.10 Å². The summed E-state index contributed by atoms with van der Waals surface area (Å²) in [5.74, 6) is 0.851. The third-order valence-electron chi connectivity index (χ3n) is 4.57. The number of carbonyl (C=O) groups excluding carboxylic acids is 1. The maximum atomic E-state index is 12.5. The summed E-state index contributed by atoms with van der Waals surface area (Å²) in [6, 6.07) is 2.32. The van der Waals surface area contributed by atoms with E-state index in [1.54, 1.807) is 4.68 Å². The summed E-state index contributed by atoms with van der Waals surface area (Å²) in [5, 5.41) is 7.53. The molecule has 2 rings (SSSR count). The Hall–Kier alpha value is -1.36. The molecule has 1 fully saturated rings. The Morgan fingerprint density at radius 1 is 1.27 bits per heavy atom. The Morgan fingerprint density at radius 2 is 1.91 bits per heavy atom. The number of aromatic nitrogens is 2. The van der Waals surface area contributed by atoms with E-state index in [9.17, 15) is 4.79 Å². The lowest BCUT2D eigenvalue weighted by atomic mass is 10.0. The molecule has 0 unspecified atom stereocenters. The molecule has 0 saturated carbocycles. The van der Waals surface area contributed by atoms with Gasteiger partial charge < -0.3 is 5.32 Å². The van der Waals surface area contributed by atoms with Gasteiger partial charge in [0.25, 0.3) is 5.91 Å². The van der Waals surface area contributed by atoms with Gasteiger partial charge in [0.1, 0.15) is 5.69 Å². The van der Waals surface area contributed by atoms with Gasteiger partial charge in [-0.15, -0.1) is 0 Å². The van der Waals surface area contributed by atoms with Crippen molar-refractivity contribution in [1.82, 2.24) is 20.0 Å². The van der Waals surface area contributed by atoms with Crippen molar-refractivity contribution in [2.24, 2.45) is 13.0 Å². The van der Waals surface area contributed by atoms with Gasteiger partial charge in [0.05, 0.1) is 5.69 Å². The minimum Gasteiger partial charge on any atom is -0.349 e. The van der Waals surface area contributed by atoms with Crippen LogP contribution >= 0.6 is 0 Å². The number of hydrogen-bond donors (Lipinski definition) is 1. The molecule has 1 aliphatic rings. The molecule has 1 N–H and O–H groups in total. The van der Waals surface area contributed by atoms with E-state index in [1.807, 2.05) is 13.1 Å². The number of aryl methyl sites for hydroxylation is 1. The van der Waals surface area contributed by atoms with Crippen LogP contribution in [0.5, 0.6) is 0 Å². The van der Waals surface area contributed by atoms with Crippen molar-refractivity contribution in [2.45, 2.75) is 52.5 Å². The van der Waals surface area contributed by atoms with Crippen LogP contribution in [-0.4, -0.2) is 46.3 Å². The second kappa shape index (κ2) is 7.27. The zero-order chi connectivity index (χ0) is 16.3. The van der Waals surface area contributed by atoms with Crippen LogP contribution in [-0.2, 0) is 7.05 Å². The number of nitrogens with zero attached hydrogens (tertiary/aromatic N) is 3. The lowest BCUT2D eigenvalue weighted by molar-refractivity contribution is 0.0918. The predicted octanol–water partition coefficient (Wildman–Crippen LogP) is 2.39. The van der Waals surface area contributed by atoms with Gasteiger partial charge in [-0.1, -0.05) is 27.7 Å². The summed E-state index contributed by atoms with van der Waals surface area (Å²) in [5.41, 5.74) is 1.61. The van der Waals surface area contributed by atoms with Gasteiger partial charge in [-0.05, 0) is 43.8 Å². The lowest BCUT2D eigenvalue weighted by Crippen LogP contribution is -2.45. The van der Waals surface area contributed by atoms with E-state index >= 15 is 0 Å². The van der Waals surface area contributed by atoms with Gasteiger partial charge in [0.2, 0.25) is 0 Å². The fraction of sp³-hybridized carbons (Fsp3) is 0.765. The minimum atomic E-state index is -0.0215. The summed E-state index contributed by atoms with van der Waals surface area (Å²) >= 11 is 0. The van der Waals surface area contributed by atoms with Gasteiger partial charge >= 0.3 is 0 Å². The zero-order valence-corrected chi connectivity index (χ0v) is 14.6. The molecule has 0 spiro atoms. The third kappa shape index (κ3) is 3.88. The average molecular weight is 306 g/mol. The topological polar surface area (TPSA) is 50.2 Å². The Morgan fingerprint density at radius 3 is 2.41 bits per heavy atom. The highest BCUT2D eigenvalue weighted by Gasteiger charge is 2.25. The number of carbonyl (C=O) groups is 1. The molecule has 1 amide bonds. The second-order valence-corrected chi connectivity index (χ2v) is 7.00. The Labute approximate surface area is 134 Å². The molecule has 1 saturated heterocycles. The van der Waals surface area contributed by atoms with Gasteiger partial charge in [0, 0.05) is 19.6 Å². The number of rotatable bonds is 6. The Balaban J connectivity index is 1.98. The second-order valence-electron chi connectivity index (χ2n) is 7.00. The summed E-state index contributed by atoms with van der Waals surface area (Å²) in [6.07, 6.45) is 2.55. The van der Waals surface area contributed by atoms with Gasteiger partial charge in [-0.25, -0.2) is 0 Å². The highest BCUT2D eigenvalue weighted by Crippen LogP contribution is 2.18. The molecule has 22 heavy (non-hydrogen) atoms. The van der Waals surface area contributed by atoms with Crippen LogP contribution < -0.4 is 5.32 Å². The molecule has 0 bridgehead atoms. The van der Waals surface area contributed by atoms with Crippen molar-refractivity contribution >= 4 is 5.91 Å². The van der Waals surface area contributed by atoms with E-state index < -0.39 is 0 Å². The first kappa shape index (κ1) is 17.0. The molecule has 1 aliphatic heterocycles. The normalized spacial score (nSPS) is 17.4. The number of likely N-dealkylation sites (tertiary alicyclic amines) is 1. The molecular formula is C17H30N4O. The summed E-state index contributed by atoms with van der Waals surface area (Å²) in [7, 11) is 1.83. The smallest absolute Gasteiger partial charge is 0.269 e. The molecule has 1 atom stereocenters. The van der Waals surface area contributed by atoms with Crippen LogP contribution in [0.3, 0.4) is 0 Å². The molecule has 1 aromatic rings. The Kier molecular flexibility index (Phi) is 5.62. The van der Waals surface area contributed by atoms with Gasteiger partial charge in [-0.3, -0.25) is 14.4 Å². The van der Waals surface area contributed by atoms with Crippen LogP contribution in [0.25, 0.3) is 0 Å². The highest BCUT2D eigenvalue weighted by molar-refractivity contribution is 5.92. The summed E-state index contributed by atoms with van der Waals surface area (Å²) in [6.45, 7) is 11.7. The van der Waals surface area contributed by atoms with Crippen LogP contribution in [0.4, 0.5) is 0 Å². The maximum absolute atomic E-state index is 12.5. The largest absolute Gasteiger partial charge is 0.349 e. The van der Waals surface area contributed by atoms with Gasteiger partial charge in [0.15, 0.2) is 0 Å². The first-order valence-electron chi connectivity index (χ1n) is 8.46. The van der Waals surface area contributed by atoms with Crippen molar-refractivity contribution in [3.63, 3.8) is 0 Å². The van der Waals surface area contributed by atoms with E-state index in [0.29, 0.717) is 30.1 Å². The van der Waals surface area contributed by atoms with Crippen LogP contribution in [0.15, 0.2) is 6.07 Å². The van der Waals surface area contributed by atoms with E-state index in [0.717, 1.165) is 18.8 Å². The first-order chi connectivity index (χ1) is 10.4. The third-order valence-corrected chi connectivity index (χ3v) is 4.57. The van der Waals surface area contributed by atoms with Crippen LogP contribution in [0.1, 0.15) is 62.6 Å². The van der Waals surface area contributed by atoms with Crippen molar-refractivity contribution in [3.05, 3.63) is 17.5 Å². The van der Waals surface area contributed by atoms with E-state index in [2.05, 4.69) is 43.0 Å². The number of hydrogen-bond acceptors (Lipinski definition) is 3. The first-order valence-corrected chi connectivity index (χ1v) is 8.46. The summed E-state index contributed by atoms with van der Waals surface area (Å²) < 4.78 is 1.69. The molecule has 0 radical (unpaired) electrons. The number of nitrogens with one attached hydrogen (secondary N) is 1. The Bertz CT molecular complexity index is 501. The monoisotopic (exact) mass is 306 g/mol. The molecule has 124 valence electrons. The molecular weight excluding hydrogens is 276 g/mol. The van der Waals surface area contributed by atoms with Crippen molar-refractivity contribution < 1.29 is 4.79 Å². The summed E-state index contributed by atoms with van der Waals surface area (Å²) in [4.78, 5) is 15.0. The van der Waals surface area contributed by atoms with Crippen molar-refractivity contribution in [2.75, 3.05) is 19.6 Å². The molecule has 0 aliphatic carbocycles. The molecule has 5 heteroatoms. The van der Waals surface area contributed by atoms with Crippen molar-refractivity contribution in [1.29, 1.82) is 0 Å². The quantitative estimate of drug-likeness (QED) is 0.878. The van der Waals surface area contributed by atoms with Crippen LogP contribution in [0.2, 0.25) is 0 Å². The lowest BCUT2D eigenvalue weighted by Gasteiger charge is -2.30. The van der Waals surface area contributed by atoms with E-state index in [4.69, 9.17) is 0 Å². The standard InChI is InChI=1S/C17H30N4O/c1-12(2)14-10-15(20(5)19-14)17(22)18-11-16(13(3)4)21-8-6-7-9-21/h10,12-13,16H,6-9,11H2,1-5H3,(H,18,22)/t16-/m1/s1. The maximum Gasteiger partial charge on any atom is 0.269 e. The minimum absolute atomic E-state index is 0.0215. The van der Waals surface area contributed by atoms with Crippen LogP contribution in [0, 0.1) is 5.92 Å². The molecule has 2 heterocycles. The fourth-order valence-electron chi connectivity index (χ4n) is 3.13. The fourth-order valence-corrected chi connectivity index (χ4v) is 3.13. The highest BCUT2D eigenvalue weighted by atomic mass is 16.2. The van der Waals surface area contributed by atoms with Crippen molar-refractivity contribution in [3.8, 4) is 0 Å². The van der Waals surface area contributed by atoms with E-state index in [1.165, 1.54) is 12.8 Å². The zero-order valence-electron chi connectivity index (χ0n) is 14.6. The van der Waals surface area contributed by atoms with E-state index in [-0.39, 0.29) is 5.91 Å². The molecule has 1 aromatic heterocycles. The molecule has 5 nitrogen and oxygen atoms in total. The average Bonchev–Trinajstić information content (AvgIpc) is 3.08. The molecule has 0 aromatic carbocycles. The SMILES string of the molecule is CC(C)c1cc(C(=O)NC[C@H](C(C)C)N2CCCC2)n(C)n1. The number of amides is 1. The predicted molar refractivity (Wildman–Crippen MR) is 89.1 cm³/mol.